The van der Waals surface area contributed by atoms with Gasteiger partial charge in [0.15, 0.2) is 0 Å². The number of nitrogens with two attached hydrogens (primary N) is 1. The Morgan fingerprint density at radius 2 is 1.74 bits per heavy atom. The van der Waals surface area contributed by atoms with Crippen LogP contribution < -0.4 is 20.9 Å². The summed E-state index contributed by atoms with van der Waals surface area (Å²) in [7, 11) is 4.06. The molecule has 1 aliphatic rings. The topological polar surface area (TPSA) is 74.5 Å². The van der Waals surface area contributed by atoms with Crippen molar-refractivity contribution < 1.29 is 9.18 Å². The van der Waals surface area contributed by atoms with Crippen LogP contribution in [0.4, 0.5) is 26.4 Å². The van der Waals surface area contributed by atoms with Crippen molar-refractivity contribution in [3.05, 3.63) is 60.4 Å². The smallest absolute Gasteiger partial charge is 0.319 e. The molecule has 31 heavy (non-hydrogen) atoms. The number of halogens is 1. The molecule has 3 N–H and O–H groups in total. The molecule has 1 fully saturated rings. The van der Waals surface area contributed by atoms with Crippen LogP contribution in [0.3, 0.4) is 0 Å². The summed E-state index contributed by atoms with van der Waals surface area (Å²) in [5.74, 6) is 0.525. The number of hydrogen-bond acceptors (Lipinski definition) is 4. The van der Waals surface area contributed by atoms with E-state index in [1.54, 1.807) is 17.0 Å². The minimum Gasteiger partial charge on any atom is -0.377 e. The number of anilines is 3. The van der Waals surface area contributed by atoms with Crippen LogP contribution in [-0.2, 0) is 0 Å². The molecule has 0 spiro atoms. The fraction of sp³-hybridized carbons (Fsp3) is 0.333. The van der Waals surface area contributed by atoms with Gasteiger partial charge in [-0.25, -0.2) is 14.2 Å². The molecule has 4 rings (SSSR count). The molecule has 1 saturated carbocycles. The molecular formula is C24H28FN5O. The van der Waals surface area contributed by atoms with Gasteiger partial charge in [-0.1, -0.05) is 18.2 Å². The van der Waals surface area contributed by atoms with Crippen LogP contribution in [0, 0.1) is 5.82 Å². The summed E-state index contributed by atoms with van der Waals surface area (Å²) < 4.78 is 13.3. The molecule has 0 radical (unpaired) electrons. The van der Waals surface area contributed by atoms with E-state index in [9.17, 15) is 9.18 Å². The second-order valence-electron chi connectivity index (χ2n) is 8.27. The number of fused-ring (bicyclic) bond motifs is 1. The highest BCUT2D eigenvalue weighted by atomic mass is 19.1. The van der Waals surface area contributed by atoms with Gasteiger partial charge >= 0.3 is 6.03 Å². The Morgan fingerprint density at radius 1 is 1.06 bits per heavy atom. The average molecular weight is 422 g/mol. The van der Waals surface area contributed by atoms with E-state index in [4.69, 9.17) is 10.7 Å². The molecule has 0 saturated heterocycles. The van der Waals surface area contributed by atoms with Crippen molar-refractivity contribution in [3.63, 3.8) is 0 Å². The normalized spacial score (nSPS) is 18.5. The van der Waals surface area contributed by atoms with E-state index in [0.29, 0.717) is 5.69 Å². The van der Waals surface area contributed by atoms with Crippen molar-refractivity contribution in [1.82, 2.24) is 4.98 Å². The Labute approximate surface area is 181 Å². The fourth-order valence-electron chi connectivity index (χ4n) is 4.41. The van der Waals surface area contributed by atoms with Crippen molar-refractivity contribution in [2.24, 2.45) is 5.73 Å². The van der Waals surface area contributed by atoms with Crippen LogP contribution >= 0.6 is 0 Å². The van der Waals surface area contributed by atoms with E-state index in [-0.39, 0.29) is 17.9 Å². The molecule has 162 valence electrons. The minimum absolute atomic E-state index is 0.00269. The standard InChI is InChI=1S/C24H28FN5O/c1-29(2)22-15-23(28-21-6-4-3-5-20(21)22)27-17-9-13-19(14-10-17)30(24(26)31)18-11-7-16(25)8-12-18/h3-8,11-12,15,17,19H,9-10,13-14H2,1-2H3,(H2,26,31)(H,27,28)/t17-,19+. The molecule has 6 nitrogen and oxygen atoms in total. The number of carbonyl (C=O) groups is 1. The zero-order valence-electron chi connectivity index (χ0n) is 17.9. The van der Waals surface area contributed by atoms with E-state index in [0.717, 1.165) is 48.1 Å². The lowest BCUT2D eigenvalue weighted by Crippen LogP contribution is -2.46. The molecule has 7 heteroatoms. The number of primary amides is 1. The number of pyridine rings is 1. The SMILES string of the molecule is CN(C)c1cc(N[C@H]2CC[C@@H](N(C(N)=O)c3ccc(F)cc3)CC2)nc2ccccc12. The Hall–Kier alpha value is -3.35. The largest absolute Gasteiger partial charge is 0.377 e. The molecule has 3 aromatic rings. The quantitative estimate of drug-likeness (QED) is 0.624. The van der Waals surface area contributed by atoms with Crippen molar-refractivity contribution in [1.29, 1.82) is 0 Å². The molecule has 1 aromatic heterocycles. The predicted molar refractivity (Wildman–Crippen MR) is 124 cm³/mol. The first-order valence-corrected chi connectivity index (χ1v) is 10.6. The van der Waals surface area contributed by atoms with Crippen LogP contribution in [0.1, 0.15) is 25.7 Å². The van der Waals surface area contributed by atoms with Gasteiger partial charge in [0.2, 0.25) is 0 Å². The van der Waals surface area contributed by atoms with Gasteiger partial charge in [-0.2, -0.15) is 0 Å². The van der Waals surface area contributed by atoms with Crippen molar-refractivity contribution in [2.45, 2.75) is 37.8 Å². The number of amides is 2. The lowest BCUT2D eigenvalue weighted by atomic mass is 9.90. The summed E-state index contributed by atoms with van der Waals surface area (Å²) in [6.07, 6.45) is 3.40. The number of hydrogen-bond donors (Lipinski definition) is 2. The van der Waals surface area contributed by atoms with E-state index >= 15 is 0 Å². The summed E-state index contributed by atoms with van der Waals surface area (Å²) in [4.78, 5) is 20.6. The maximum atomic E-state index is 13.3. The minimum atomic E-state index is -0.505. The van der Waals surface area contributed by atoms with Crippen LogP contribution in [-0.4, -0.2) is 37.2 Å². The zero-order valence-corrected chi connectivity index (χ0v) is 17.9. The second-order valence-corrected chi connectivity index (χ2v) is 8.27. The molecule has 0 aliphatic heterocycles. The van der Waals surface area contributed by atoms with E-state index < -0.39 is 6.03 Å². The molecule has 2 aromatic carbocycles. The molecule has 2 amide bonds. The molecule has 0 bridgehead atoms. The molecule has 1 heterocycles. The summed E-state index contributed by atoms with van der Waals surface area (Å²) in [6, 6.07) is 15.9. The van der Waals surface area contributed by atoms with Crippen molar-refractivity contribution in [2.75, 3.05) is 29.2 Å². The number of rotatable bonds is 5. The molecule has 1 aliphatic carbocycles. The zero-order chi connectivity index (χ0) is 22.0. The van der Waals surface area contributed by atoms with Gasteiger partial charge < -0.3 is 16.0 Å². The van der Waals surface area contributed by atoms with Gasteiger partial charge in [0.1, 0.15) is 11.6 Å². The first kappa shape index (κ1) is 20.9. The predicted octanol–water partition coefficient (Wildman–Crippen LogP) is 4.75. The van der Waals surface area contributed by atoms with E-state index in [2.05, 4.69) is 22.3 Å². The number of benzene rings is 2. The van der Waals surface area contributed by atoms with Gasteiger partial charge in [-0.15, -0.1) is 0 Å². The summed E-state index contributed by atoms with van der Waals surface area (Å²) in [6.45, 7) is 0. The number of aromatic nitrogens is 1. The maximum Gasteiger partial charge on any atom is 0.319 e. The number of urea groups is 1. The third kappa shape index (κ3) is 4.55. The summed E-state index contributed by atoms with van der Waals surface area (Å²) in [5.41, 5.74) is 8.38. The van der Waals surface area contributed by atoms with Crippen LogP contribution in [0.5, 0.6) is 0 Å². The highest BCUT2D eigenvalue weighted by Crippen LogP contribution is 2.31. The maximum absolute atomic E-state index is 13.3. The van der Waals surface area contributed by atoms with E-state index in [1.165, 1.54) is 12.1 Å². The lowest BCUT2D eigenvalue weighted by Gasteiger charge is -2.36. The van der Waals surface area contributed by atoms with E-state index in [1.807, 2.05) is 32.3 Å². The van der Waals surface area contributed by atoms with Gasteiger partial charge in [-0.05, 0) is 56.0 Å². The average Bonchev–Trinajstić information content (AvgIpc) is 2.75. The Balaban J connectivity index is 1.46. The molecule has 0 atom stereocenters. The molecule has 0 unspecified atom stereocenters. The Kier molecular flexibility index (Phi) is 5.93. The number of carbonyl (C=O) groups excluding carboxylic acids is 1. The Bertz CT molecular complexity index is 1060. The van der Waals surface area contributed by atoms with Gasteiger partial charge in [-0.3, -0.25) is 4.90 Å². The van der Waals surface area contributed by atoms with Gasteiger partial charge in [0.25, 0.3) is 0 Å². The highest BCUT2D eigenvalue weighted by molar-refractivity contribution is 5.93. The first-order chi connectivity index (χ1) is 14.9. The number of para-hydroxylation sites is 1. The second kappa shape index (κ2) is 8.79. The lowest BCUT2D eigenvalue weighted by molar-refractivity contribution is 0.248. The number of nitrogens with zero attached hydrogens (tertiary/aromatic N) is 3. The van der Waals surface area contributed by atoms with Crippen LogP contribution in [0.15, 0.2) is 54.6 Å². The van der Waals surface area contributed by atoms with Crippen LogP contribution in [0.25, 0.3) is 10.9 Å². The Morgan fingerprint density at radius 3 is 2.39 bits per heavy atom. The summed E-state index contributed by atoms with van der Waals surface area (Å²) >= 11 is 0. The van der Waals surface area contributed by atoms with Crippen molar-refractivity contribution >= 4 is 34.1 Å². The van der Waals surface area contributed by atoms with Crippen LogP contribution in [0.2, 0.25) is 0 Å². The highest BCUT2D eigenvalue weighted by Gasteiger charge is 2.29. The van der Waals surface area contributed by atoms with Gasteiger partial charge in [0, 0.05) is 49.0 Å². The third-order valence-corrected chi connectivity index (χ3v) is 5.93. The third-order valence-electron chi connectivity index (χ3n) is 5.93. The van der Waals surface area contributed by atoms with Gasteiger partial charge in [0.05, 0.1) is 5.52 Å². The summed E-state index contributed by atoms with van der Waals surface area (Å²) in [5, 5.41) is 4.71. The molecular weight excluding hydrogens is 393 g/mol. The van der Waals surface area contributed by atoms with Crippen molar-refractivity contribution in [3.8, 4) is 0 Å². The first-order valence-electron chi connectivity index (χ1n) is 10.6. The fourth-order valence-corrected chi connectivity index (χ4v) is 4.41. The number of nitrogens with one attached hydrogen (secondary N) is 1. The monoisotopic (exact) mass is 421 g/mol.